The summed E-state index contributed by atoms with van der Waals surface area (Å²) >= 11 is 3.33. The number of phenols is 1. The summed E-state index contributed by atoms with van der Waals surface area (Å²) in [5.74, 6) is -0.516. The Hall–Kier alpha value is -1.17. The summed E-state index contributed by atoms with van der Waals surface area (Å²) in [5.41, 5.74) is -1.45. The number of aromatic hydroxyl groups is 1. The van der Waals surface area contributed by atoms with Gasteiger partial charge in [-0.25, -0.2) is 0 Å². The molecule has 0 heterocycles. The number of hydrogen-bond acceptors (Lipinski definition) is 2. The first-order valence-electron chi connectivity index (χ1n) is 3.46. The Balaban J connectivity index is 3.27. The van der Waals surface area contributed by atoms with Crippen molar-refractivity contribution < 1.29 is 23.1 Å². The van der Waals surface area contributed by atoms with E-state index in [1.807, 2.05) is 0 Å². The van der Waals surface area contributed by atoms with Gasteiger partial charge in [0, 0.05) is 0 Å². The zero-order valence-corrected chi connectivity index (χ0v) is 7.56. The van der Waals surface area contributed by atoms with Gasteiger partial charge in [-0.15, -0.1) is 12.6 Å². The van der Waals surface area contributed by atoms with Gasteiger partial charge in [0.15, 0.2) is 0 Å². The number of thiol groups is 1. The van der Waals surface area contributed by atoms with E-state index in [2.05, 4.69) is 12.6 Å². The molecule has 14 heavy (non-hydrogen) atoms. The third-order valence-corrected chi connectivity index (χ3v) is 1.80. The van der Waals surface area contributed by atoms with Crippen molar-refractivity contribution >= 4 is 17.7 Å². The molecule has 0 aliphatic heterocycles. The maximum absolute atomic E-state index is 12.1. The standard InChI is InChI=1S/C8H5F3O2S/c9-8(10,11)4-1-2-6(12)5(3-4)7(13)14/h1-3,12H,(H,13,14). The molecule has 0 radical (unpaired) electrons. The number of carbonyl (C=O) groups is 1. The van der Waals surface area contributed by atoms with Crippen LogP contribution in [0, 0.1) is 0 Å². The third kappa shape index (κ3) is 2.20. The Morgan fingerprint density at radius 1 is 1.36 bits per heavy atom. The van der Waals surface area contributed by atoms with Crippen LogP contribution in [0.5, 0.6) is 5.75 Å². The largest absolute Gasteiger partial charge is 0.507 e. The van der Waals surface area contributed by atoms with Crippen molar-refractivity contribution in [3.05, 3.63) is 29.3 Å². The average Bonchev–Trinajstić information content (AvgIpc) is 2.02. The molecule has 0 aliphatic carbocycles. The molecular weight excluding hydrogens is 217 g/mol. The van der Waals surface area contributed by atoms with E-state index in [-0.39, 0.29) is 0 Å². The minimum atomic E-state index is -4.54. The minimum Gasteiger partial charge on any atom is -0.507 e. The van der Waals surface area contributed by atoms with Gasteiger partial charge in [0.05, 0.1) is 11.1 Å². The second kappa shape index (κ2) is 3.53. The van der Waals surface area contributed by atoms with Crippen LogP contribution in [0.25, 0.3) is 0 Å². The molecule has 0 aliphatic rings. The summed E-state index contributed by atoms with van der Waals surface area (Å²) in [6.07, 6.45) is -4.54. The van der Waals surface area contributed by atoms with E-state index in [1.165, 1.54) is 0 Å². The highest BCUT2D eigenvalue weighted by atomic mass is 32.1. The van der Waals surface area contributed by atoms with Gasteiger partial charge < -0.3 is 5.11 Å². The molecule has 1 rings (SSSR count). The van der Waals surface area contributed by atoms with Crippen molar-refractivity contribution in [1.29, 1.82) is 0 Å². The second-order valence-electron chi connectivity index (χ2n) is 2.53. The maximum atomic E-state index is 12.1. The Kier molecular flexibility index (Phi) is 2.75. The molecule has 0 spiro atoms. The molecule has 0 saturated heterocycles. The van der Waals surface area contributed by atoms with Crippen LogP contribution in [0.15, 0.2) is 18.2 Å². The van der Waals surface area contributed by atoms with Crippen LogP contribution in [0.3, 0.4) is 0 Å². The van der Waals surface area contributed by atoms with Crippen molar-refractivity contribution in [2.75, 3.05) is 0 Å². The molecule has 0 unspecified atom stereocenters. The molecule has 76 valence electrons. The van der Waals surface area contributed by atoms with Gasteiger partial charge in [-0.05, 0) is 18.2 Å². The Labute approximate surface area is 82.8 Å². The van der Waals surface area contributed by atoms with Crippen molar-refractivity contribution in [1.82, 2.24) is 0 Å². The lowest BCUT2D eigenvalue weighted by Crippen LogP contribution is -2.06. The van der Waals surface area contributed by atoms with E-state index in [4.69, 9.17) is 5.11 Å². The van der Waals surface area contributed by atoms with Crippen molar-refractivity contribution in [3.8, 4) is 5.75 Å². The predicted molar refractivity (Wildman–Crippen MR) is 46.4 cm³/mol. The van der Waals surface area contributed by atoms with E-state index in [0.29, 0.717) is 12.1 Å². The van der Waals surface area contributed by atoms with E-state index in [9.17, 15) is 18.0 Å². The number of phenolic OH excluding ortho intramolecular Hbond substituents is 1. The fourth-order valence-electron chi connectivity index (χ4n) is 0.884. The quantitative estimate of drug-likeness (QED) is 0.716. The summed E-state index contributed by atoms with van der Waals surface area (Å²) in [5, 5.41) is 8.13. The number of carbonyl (C=O) groups excluding carboxylic acids is 1. The molecule has 6 heteroatoms. The predicted octanol–water partition coefficient (Wildman–Crippen LogP) is 2.48. The average molecular weight is 222 g/mol. The molecule has 0 saturated carbocycles. The molecule has 0 fully saturated rings. The van der Waals surface area contributed by atoms with E-state index in [0.717, 1.165) is 6.07 Å². The van der Waals surface area contributed by atoms with Crippen LogP contribution in [0.4, 0.5) is 13.2 Å². The summed E-state index contributed by atoms with van der Waals surface area (Å²) < 4.78 is 36.4. The number of alkyl halides is 3. The highest BCUT2D eigenvalue weighted by Crippen LogP contribution is 2.32. The number of rotatable bonds is 1. The first-order chi connectivity index (χ1) is 6.32. The lowest BCUT2D eigenvalue weighted by molar-refractivity contribution is -0.137. The SMILES string of the molecule is O=C(S)c1cc(C(F)(F)F)ccc1O. The maximum Gasteiger partial charge on any atom is 0.416 e. The summed E-state index contributed by atoms with van der Waals surface area (Å²) in [6, 6.07) is 2.06. The Bertz CT molecular complexity index is 373. The highest BCUT2D eigenvalue weighted by Gasteiger charge is 2.31. The zero-order chi connectivity index (χ0) is 10.9. The summed E-state index contributed by atoms with van der Waals surface area (Å²) in [4.78, 5) is 10.7. The molecule has 1 aromatic carbocycles. The molecule has 0 atom stereocenters. The second-order valence-corrected chi connectivity index (χ2v) is 2.94. The third-order valence-electron chi connectivity index (χ3n) is 1.55. The lowest BCUT2D eigenvalue weighted by Gasteiger charge is -2.08. The first kappa shape index (κ1) is 10.9. The van der Waals surface area contributed by atoms with Crippen LogP contribution in [-0.4, -0.2) is 10.2 Å². The molecule has 0 aromatic heterocycles. The molecule has 2 nitrogen and oxygen atoms in total. The van der Waals surface area contributed by atoms with Gasteiger partial charge >= 0.3 is 6.18 Å². The fraction of sp³-hybridized carbons (Fsp3) is 0.125. The Morgan fingerprint density at radius 2 is 1.93 bits per heavy atom. The lowest BCUT2D eigenvalue weighted by atomic mass is 10.1. The van der Waals surface area contributed by atoms with E-state index < -0.39 is 28.2 Å². The van der Waals surface area contributed by atoms with Crippen LogP contribution >= 0.6 is 12.6 Å². The Morgan fingerprint density at radius 3 is 2.36 bits per heavy atom. The highest BCUT2D eigenvalue weighted by molar-refractivity contribution is 7.97. The number of halogens is 3. The summed E-state index contributed by atoms with van der Waals surface area (Å²) in [6.45, 7) is 0. The van der Waals surface area contributed by atoms with Crippen LogP contribution < -0.4 is 0 Å². The summed E-state index contributed by atoms with van der Waals surface area (Å²) in [7, 11) is 0. The minimum absolute atomic E-state index is 0.455. The van der Waals surface area contributed by atoms with Gasteiger partial charge in [0.2, 0.25) is 5.12 Å². The fourth-order valence-corrected chi connectivity index (χ4v) is 1.06. The van der Waals surface area contributed by atoms with Gasteiger partial charge in [0.25, 0.3) is 0 Å². The van der Waals surface area contributed by atoms with Crippen LogP contribution in [-0.2, 0) is 6.18 Å². The van der Waals surface area contributed by atoms with Crippen LogP contribution in [0.2, 0.25) is 0 Å². The molecular formula is C8H5F3O2S. The topological polar surface area (TPSA) is 37.3 Å². The van der Waals surface area contributed by atoms with Crippen molar-refractivity contribution in [3.63, 3.8) is 0 Å². The molecule has 1 N–H and O–H groups in total. The molecule has 1 aromatic rings. The van der Waals surface area contributed by atoms with Gasteiger partial charge in [-0.3, -0.25) is 4.79 Å². The molecule has 0 bridgehead atoms. The number of benzene rings is 1. The zero-order valence-electron chi connectivity index (χ0n) is 6.67. The van der Waals surface area contributed by atoms with Crippen molar-refractivity contribution in [2.24, 2.45) is 0 Å². The van der Waals surface area contributed by atoms with Gasteiger partial charge in [-0.2, -0.15) is 13.2 Å². The molecule has 0 amide bonds. The van der Waals surface area contributed by atoms with Crippen LogP contribution in [0.1, 0.15) is 15.9 Å². The van der Waals surface area contributed by atoms with E-state index >= 15 is 0 Å². The van der Waals surface area contributed by atoms with Crippen molar-refractivity contribution in [2.45, 2.75) is 6.18 Å². The normalized spacial score (nSPS) is 11.4. The first-order valence-corrected chi connectivity index (χ1v) is 3.90. The number of hydrogen-bond donors (Lipinski definition) is 2. The monoisotopic (exact) mass is 222 g/mol. The van der Waals surface area contributed by atoms with Gasteiger partial charge in [0.1, 0.15) is 5.75 Å². The van der Waals surface area contributed by atoms with E-state index in [1.54, 1.807) is 0 Å². The van der Waals surface area contributed by atoms with Gasteiger partial charge in [-0.1, -0.05) is 0 Å². The smallest absolute Gasteiger partial charge is 0.416 e.